The van der Waals surface area contributed by atoms with Crippen molar-refractivity contribution in [3.63, 3.8) is 0 Å². The highest BCUT2D eigenvalue weighted by Crippen LogP contribution is 2.29. The Morgan fingerprint density at radius 3 is 2.26 bits per heavy atom. The molecule has 3 aromatic rings. The van der Waals surface area contributed by atoms with E-state index in [9.17, 15) is 23.1 Å². The van der Waals surface area contributed by atoms with Gasteiger partial charge >= 0.3 is 12.1 Å². The number of benzene rings is 3. The first-order valence-electron chi connectivity index (χ1n) is 11.1. The third-order valence-electron chi connectivity index (χ3n) is 5.33. The van der Waals surface area contributed by atoms with Gasteiger partial charge in [-0.05, 0) is 60.4 Å². The average Bonchev–Trinajstić information content (AvgIpc) is 2.83. The Balaban J connectivity index is 1.81. The minimum absolute atomic E-state index is 0.00734. The zero-order valence-corrected chi connectivity index (χ0v) is 19.4. The van der Waals surface area contributed by atoms with Gasteiger partial charge < -0.3 is 14.7 Å². The van der Waals surface area contributed by atoms with Crippen LogP contribution in [0.25, 0.3) is 0 Å². The Hall–Kier alpha value is -3.81. The number of carboxylic acid groups (broad SMARTS) is 1. The number of ether oxygens (including phenoxy) is 1. The van der Waals surface area contributed by atoms with Crippen LogP contribution in [0.4, 0.5) is 13.2 Å². The lowest BCUT2D eigenvalue weighted by Gasteiger charge is -2.16. The van der Waals surface area contributed by atoms with Crippen molar-refractivity contribution < 1.29 is 32.6 Å². The van der Waals surface area contributed by atoms with E-state index in [0.29, 0.717) is 29.9 Å². The molecule has 8 heteroatoms. The Morgan fingerprint density at radius 1 is 1.00 bits per heavy atom. The van der Waals surface area contributed by atoms with Crippen molar-refractivity contribution in [3.05, 3.63) is 101 Å². The molecule has 0 aliphatic rings. The Labute approximate surface area is 201 Å². The number of rotatable bonds is 10. The average molecular weight is 486 g/mol. The van der Waals surface area contributed by atoms with Crippen LogP contribution in [0, 0.1) is 6.92 Å². The van der Waals surface area contributed by atoms with Crippen LogP contribution in [-0.4, -0.2) is 22.9 Å². The lowest BCUT2D eigenvalue weighted by Crippen LogP contribution is -2.26. The first-order valence-corrected chi connectivity index (χ1v) is 11.1. The van der Waals surface area contributed by atoms with Crippen molar-refractivity contribution >= 4 is 11.7 Å². The van der Waals surface area contributed by atoms with Gasteiger partial charge in [0.25, 0.3) is 0 Å². The third-order valence-corrected chi connectivity index (χ3v) is 5.33. The number of alkyl halides is 3. The summed E-state index contributed by atoms with van der Waals surface area (Å²) in [5.74, 6) is -0.563. The van der Waals surface area contributed by atoms with Gasteiger partial charge in [0, 0.05) is 12.0 Å². The fraction of sp³-hybridized carbons (Fsp3) is 0.259. The number of hydrogen-bond donors (Lipinski definition) is 1. The monoisotopic (exact) mass is 485 g/mol. The van der Waals surface area contributed by atoms with Crippen LogP contribution in [0.3, 0.4) is 0 Å². The molecule has 35 heavy (non-hydrogen) atoms. The maximum Gasteiger partial charge on any atom is 0.416 e. The number of oxime groups is 1. The second-order valence-electron chi connectivity index (χ2n) is 8.00. The summed E-state index contributed by atoms with van der Waals surface area (Å²) in [6.45, 7) is 3.56. The van der Waals surface area contributed by atoms with E-state index in [1.165, 1.54) is 12.1 Å². The minimum Gasteiger partial charge on any atom is -0.479 e. The molecule has 5 nitrogen and oxygen atoms in total. The summed E-state index contributed by atoms with van der Waals surface area (Å²) in [6.07, 6.45) is -4.55. The Kier molecular flexibility index (Phi) is 8.52. The molecular weight excluding hydrogens is 459 g/mol. The van der Waals surface area contributed by atoms with E-state index in [-0.39, 0.29) is 6.61 Å². The molecule has 3 rings (SSSR count). The number of aryl methyl sites for hydroxylation is 1. The quantitative estimate of drug-likeness (QED) is 0.266. The van der Waals surface area contributed by atoms with E-state index in [1.54, 1.807) is 19.1 Å². The highest BCUT2D eigenvalue weighted by atomic mass is 19.4. The van der Waals surface area contributed by atoms with Gasteiger partial charge in [-0.2, -0.15) is 13.2 Å². The molecule has 0 aromatic heterocycles. The van der Waals surface area contributed by atoms with E-state index in [4.69, 9.17) is 9.57 Å². The van der Waals surface area contributed by atoms with Crippen molar-refractivity contribution in [3.8, 4) is 5.75 Å². The van der Waals surface area contributed by atoms with Crippen molar-refractivity contribution in [2.24, 2.45) is 5.16 Å². The van der Waals surface area contributed by atoms with Gasteiger partial charge in [0.15, 0.2) is 6.10 Å². The molecule has 0 aliphatic heterocycles. The summed E-state index contributed by atoms with van der Waals surface area (Å²) in [4.78, 5) is 16.8. The van der Waals surface area contributed by atoms with Crippen LogP contribution in [0.1, 0.15) is 41.2 Å². The van der Waals surface area contributed by atoms with E-state index in [0.717, 1.165) is 28.8 Å². The maximum atomic E-state index is 12.8. The summed E-state index contributed by atoms with van der Waals surface area (Å²) in [6, 6.07) is 19.7. The van der Waals surface area contributed by atoms with E-state index in [2.05, 4.69) is 5.16 Å². The third kappa shape index (κ3) is 7.34. The normalized spacial score (nSPS) is 12.8. The smallest absolute Gasteiger partial charge is 0.416 e. The van der Waals surface area contributed by atoms with Crippen molar-refractivity contribution in [1.29, 1.82) is 0 Å². The van der Waals surface area contributed by atoms with Crippen molar-refractivity contribution in [2.45, 2.75) is 45.6 Å². The van der Waals surface area contributed by atoms with Gasteiger partial charge in [0.1, 0.15) is 12.4 Å². The molecule has 0 aliphatic carbocycles. The maximum absolute atomic E-state index is 12.8. The molecule has 1 N–H and O–H groups in total. The van der Waals surface area contributed by atoms with Crippen LogP contribution in [-0.2, 0) is 28.8 Å². The molecule has 0 saturated carbocycles. The molecule has 0 saturated heterocycles. The number of aliphatic carboxylic acids is 1. The molecule has 0 heterocycles. The predicted octanol–water partition coefficient (Wildman–Crippen LogP) is 6.42. The summed E-state index contributed by atoms with van der Waals surface area (Å²) >= 11 is 0. The zero-order chi connectivity index (χ0) is 25.4. The molecule has 3 aromatic carbocycles. The minimum atomic E-state index is -4.39. The van der Waals surface area contributed by atoms with E-state index < -0.39 is 23.8 Å². The lowest BCUT2D eigenvalue weighted by molar-refractivity contribution is -0.145. The van der Waals surface area contributed by atoms with Crippen LogP contribution in [0.2, 0.25) is 0 Å². The van der Waals surface area contributed by atoms with Gasteiger partial charge in [-0.1, -0.05) is 54.5 Å². The molecule has 0 bridgehead atoms. The summed E-state index contributed by atoms with van der Waals surface area (Å²) in [5, 5.41) is 13.6. The largest absolute Gasteiger partial charge is 0.479 e. The first kappa shape index (κ1) is 25.8. The van der Waals surface area contributed by atoms with Gasteiger partial charge in [-0.3, -0.25) is 0 Å². The van der Waals surface area contributed by atoms with Crippen molar-refractivity contribution in [1.82, 2.24) is 0 Å². The molecule has 0 spiro atoms. The second-order valence-corrected chi connectivity index (χ2v) is 8.00. The van der Waals surface area contributed by atoms with Crippen molar-refractivity contribution in [2.75, 3.05) is 0 Å². The highest BCUT2D eigenvalue weighted by Gasteiger charge is 2.29. The second kappa shape index (κ2) is 11.6. The number of carbonyl (C=O) groups is 1. The number of carboxylic acids is 1. The summed E-state index contributed by atoms with van der Waals surface area (Å²) in [7, 11) is 0. The van der Waals surface area contributed by atoms with Crippen LogP contribution in [0.15, 0.2) is 78.0 Å². The fourth-order valence-electron chi connectivity index (χ4n) is 3.37. The molecule has 1 atom stereocenters. The van der Waals surface area contributed by atoms with Gasteiger partial charge in [-0.15, -0.1) is 0 Å². The van der Waals surface area contributed by atoms with E-state index >= 15 is 0 Å². The molecule has 0 fully saturated rings. The first-order chi connectivity index (χ1) is 16.7. The zero-order valence-electron chi connectivity index (χ0n) is 19.4. The van der Waals surface area contributed by atoms with E-state index in [1.807, 2.05) is 43.3 Å². The lowest BCUT2D eigenvalue weighted by atomic mass is 10.0. The summed E-state index contributed by atoms with van der Waals surface area (Å²) < 4.78 is 43.9. The molecule has 184 valence electrons. The van der Waals surface area contributed by atoms with Gasteiger partial charge in [0.05, 0.1) is 11.3 Å². The molecular formula is C27H26F3NO4. The predicted molar refractivity (Wildman–Crippen MR) is 126 cm³/mol. The Morgan fingerprint density at radius 2 is 1.69 bits per heavy atom. The molecule has 0 amide bonds. The van der Waals surface area contributed by atoms with Crippen LogP contribution >= 0.6 is 0 Å². The molecule has 0 radical (unpaired) electrons. The van der Waals surface area contributed by atoms with Gasteiger partial charge in [-0.25, -0.2) is 4.79 Å². The highest BCUT2D eigenvalue weighted by molar-refractivity contribution is 6.01. The fourth-order valence-corrected chi connectivity index (χ4v) is 3.37. The summed E-state index contributed by atoms with van der Waals surface area (Å²) in [5.41, 5.74) is 2.95. The number of nitrogens with zero attached hydrogens (tertiary/aromatic N) is 1. The number of hydrogen-bond acceptors (Lipinski definition) is 4. The topological polar surface area (TPSA) is 68.1 Å². The standard InChI is InChI=1S/C27H26F3NO4/c1-3-24(26(32)33)35-25-14-11-21(15-18(25)2)23(16-19-7-5-4-6-8-19)31-34-17-20-9-12-22(13-10-20)27(28,29)30/h4-15,24H,3,16-17H2,1-2H3,(H,32,33)/b31-23+. The number of halogens is 3. The van der Waals surface area contributed by atoms with Crippen LogP contribution < -0.4 is 4.74 Å². The van der Waals surface area contributed by atoms with Crippen LogP contribution in [0.5, 0.6) is 5.75 Å². The Bertz CT molecular complexity index is 1160. The SMILES string of the molecule is CCC(Oc1ccc(/C(Cc2ccccc2)=N/OCc2ccc(C(F)(F)F)cc2)cc1C)C(=O)O. The molecule has 1 unspecified atom stereocenters. The van der Waals surface area contributed by atoms with Gasteiger partial charge in [0.2, 0.25) is 0 Å².